The molecule has 0 amide bonds. The summed E-state index contributed by atoms with van der Waals surface area (Å²) in [5.74, 6) is 0. The Balaban J connectivity index is 1.36. The molecule has 2 fully saturated rings. The van der Waals surface area contributed by atoms with E-state index in [0.29, 0.717) is 12.1 Å². The second-order valence-electron chi connectivity index (χ2n) is 6.08. The van der Waals surface area contributed by atoms with Crippen LogP contribution in [0.4, 0.5) is 0 Å². The molecule has 1 atom stereocenters. The number of likely N-dealkylation sites (tertiary alicyclic amines) is 1. The lowest BCUT2D eigenvalue weighted by molar-refractivity contribution is 0.102. The maximum absolute atomic E-state index is 5.67. The van der Waals surface area contributed by atoms with Gasteiger partial charge in [-0.25, -0.2) is 0 Å². The lowest BCUT2D eigenvalue weighted by atomic mass is 10.0. The molecule has 0 saturated carbocycles. The van der Waals surface area contributed by atoms with E-state index in [1.807, 2.05) is 0 Å². The molecule has 1 unspecified atom stereocenters. The highest BCUT2D eigenvalue weighted by Gasteiger charge is 2.21. The van der Waals surface area contributed by atoms with E-state index < -0.39 is 0 Å². The summed E-state index contributed by atoms with van der Waals surface area (Å²) < 4.78 is 5.67. The molecule has 110 valence electrons. The fraction of sp³-hybridized carbons (Fsp3) is 0.647. The predicted molar refractivity (Wildman–Crippen MR) is 81.7 cm³/mol. The summed E-state index contributed by atoms with van der Waals surface area (Å²) >= 11 is 0. The van der Waals surface area contributed by atoms with Crippen molar-refractivity contribution in [1.29, 1.82) is 0 Å². The first-order valence-electron chi connectivity index (χ1n) is 8.01. The number of benzene rings is 1. The van der Waals surface area contributed by atoms with Gasteiger partial charge < -0.3 is 10.1 Å². The number of piperidine rings is 1. The van der Waals surface area contributed by atoms with Crippen molar-refractivity contribution < 1.29 is 4.74 Å². The van der Waals surface area contributed by atoms with Gasteiger partial charge in [-0.1, -0.05) is 30.3 Å². The van der Waals surface area contributed by atoms with E-state index in [9.17, 15) is 0 Å². The van der Waals surface area contributed by atoms with Gasteiger partial charge in [0, 0.05) is 25.7 Å². The van der Waals surface area contributed by atoms with Crippen LogP contribution in [0.3, 0.4) is 0 Å². The van der Waals surface area contributed by atoms with Crippen LogP contribution in [0.15, 0.2) is 30.3 Å². The third-order valence-corrected chi connectivity index (χ3v) is 4.49. The molecule has 2 saturated heterocycles. The molecule has 2 heterocycles. The van der Waals surface area contributed by atoms with Crippen LogP contribution in [-0.4, -0.2) is 43.3 Å². The summed E-state index contributed by atoms with van der Waals surface area (Å²) in [4.78, 5) is 2.57. The van der Waals surface area contributed by atoms with E-state index in [4.69, 9.17) is 4.74 Å². The summed E-state index contributed by atoms with van der Waals surface area (Å²) in [7, 11) is 0. The summed E-state index contributed by atoms with van der Waals surface area (Å²) in [5.41, 5.74) is 1.43. The zero-order valence-electron chi connectivity index (χ0n) is 12.3. The van der Waals surface area contributed by atoms with Crippen molar-refractivity contribution in [2.45, 2.75) is 44.4 Å². The van der Waals surface area contributed by atoms with Crippen molar-refractivity contribution in [3.8, 4) is 0 Å². The Morgan fingerprint density at radius 2 is 1.90 bits per heavy atom. The predicted octanol–water partition coefficient (Wildman–Crippen LogP) is 2.42. The number of rotatable bonds is 5. The number of hydrogen-bond donors (Lipinski definition) is 1. The molecule has 0 aliphatic carbocycles. The van der Waals surface area contributed by atoms with Crippen molar-refractivity contribution in [1.82, 2.24) is 10.2 Å². The van der Waals surface area contributed by atoms with Gasteiger partial charge in [0.15, 0.2) is 0 Å². The zero-order chi connectivity index (χ0) is 13.6. The van der Waals surface area contributed by atoms with Crippen LogP contribution < -0.4 is 5.32 Å². The number of nitrogens with one attached hydrogen (secondary N) is 1. The maximum atomic E-state index is 5.67. The first-order valence-corrected chi connectivity index (χ1v) is 8.01. The summed E-state index contributed by atoms with van der Waals surface area (Å²) in [6, 6.07) is 11.5. The van der Waals surface area contributed by atoms with Gasteiger partial charge in [-0.15, -0.1) is 0 Å². The lowest BCUT2D eigenvalue weighted by Gasteiger charge is -2.33. The summed E-state index contributed by atoms with van der Waals surface area (Å²) in [6.45, 7) is 5.51. The molecule has 3 heteroatoms. The Morgan fingerprint density at radius 3 is 2.60 bits per heavy atom. The Kier molecular flexibility index (Phi) is 5.06. The van der Waals surface area contributed by atoms with Gasteiger partial charge in [0.25, 0.3) is 0 Å². The van der Waals surface area contributed by atoms with Gasteiger partial charge in [-0.05, 0) is 44.3 Å². The molecule has 0 bridgehead atoms. The number of ether oxygens (including phenoxy) is 1. The third-order valence-electron chi connectivity index (χ3n) is 4.49. The zero-order valence-corrected chi connectivity index (χ0v) is 12.3. The normalized spacial score (nSPS) is 25.1. The van der Waals surface area contributed by atoms with Gasteiger partial charge in [0.2, 0.25) is 0 Å². The number of hydrogen-bond acceptors (Lipinski definition) is 3. The van der Waals surface area contributed by atoms with Gasteiger partial charge in [-0.3, -0.25) is 4.90 Å². The Morgan fingerprint density at radius 1 is 1.10 bits per heavy atom. The van der Waals surface area contributed by atoms with Gasteiger partial charge in [0.1, 0.15) is 0 Å². The van der Waals surface area contributed by atoms with Crippen molar-refractivity contribution in [3.63, 3.8) is 0 Å². The second kappa shape index (κ2) is 7.21. The van der Waals surface area contributed by atoms with Crippen LogP contribution in [0.25, 0.3) is 0 Å². The van der Waals surface area contributed by atoms with Crippen LogP contribution in [0.1, 0.15) is 31.2 Å². The van der Waals surface area contributed by atoms with Crippen LogP contribution in [-0.2, 0) is 11.3 Å². The minimum atomic E-state index is 0.470. The van der Waals surface area contributed by atoms with Crippen molar-refractivity contribution >= 4 is 0 Å². The van der Waals surface area contributed by atoms with Crippen LogP contribution >= 0.6 is 0 Å². The van der Waals surface area contributed by atoms with Crippen molar-refractivity contribution in [2.75, 3.05) is 26.2 Å². The molecule has 3 rings (SSSR count). The minimum absolute atomic E-state index is 0.470. The van der Waals surface area contributed by atoms with E-state index in [1.165, 1.54) is 44.3 Å². The van der Waals surface area contributed by atoms with Crippen molar-refractivity contribution in [2.24, 2.45) is 0 Å². The fourth-order valence-electron chi connectivity index (χ4n) is 3.24. The van der Waals surface area contributed by atoms with E-state index in [1.54, 1.807) is 0 Å². The molecular weight excluding hydrogens is 248 g/mol. The largest absolute Gasteiger partial charge is 0.377 e. The highest BCUT2D eigenvalue weighted by atomic mass is 16.5. The van der Waals surface area contributed by atoms with E-state index >= 15 is 0 Å². The van der Waals surface area contributed by atoms with Crippen molar-refractivity contribution in [3.05, 3.63) is 35.9 Å². The maximum Gasteiger partial charge on any atom is 0.0700 e. The van der Waals surface area contributed by atoms with E-state index in [2.05, 4.69) is 40.5 Å². The summed E-state index contributed by atoms with van der Waals surface area (Å²) in [6.07, 6.45) is 5.47. The lowest BCUT2D eigenvalue weighted by Crippen LogP contribution is -2.44. The highest BCUT2D eigenvalue weighted by Crippen LogP contribution is 2.15. The highest BCUT2D eigenvalue weighted by molar-refractivity contribution is 5.14. The van der Waals surface area contributed by atoms with Gasteiger partial charge in [-0.2, -0.15) is 0 Å². The Hall–Kier alpha value is -0.900. The van der Waals surface area contributed by atoms with Gasteiger partial charge in [0.05, 0.1) is 6.10 Å². The standard InChI is InChI=1S/C17H26N2O/c1-2-5-15(6-3-1)14-19-10-8-16(9-11-19)18-13-17-7-4-12-20-17/h1-3,5-6,16-18H,4,7-14H2. The average Bonchev–Trinajstić information content (AvgIpc) is 3.01. The molecule has 1 N–H and O–H groups in total. The quantitative estimate of drug-likeness (QED) is 0.892. The first kappa shape index (κ1) is 14.1. The molecule has 0 spiro atoms. The minimum Gasteiger partial charge on any atom is -0.377 e. The van der Waals surface area contributed by atoms with Crippen LogP contribution in [0.5, 0.6) is 0 Å². The molecule has 3 nitrogen and oxygen atoms in total. The molecule has 0 aromatic heterocycles. The second-order valence-corrected chi connectivity index (χ2v) is 6.08. The first-order chi connectivity index (χ1) is 9.90. The SMILES string of the molecule is c1ccc(CN2CCC(NCC3CCCO3)CC2)cc1. The molecule has 20 heavy (non-hydrogen) atoms. The molecule has 1 aromatic rings. The molecule has 2 aliphatic rings. The Labute approximate surface area is 122 Å². The smallest absolute Gasteiger partial charge is 0.0700 e. The van der Waals surface area contributed by atoms with Gasteiger partial charge >= 0.3 is 0 Å². The molecular formula is C17H26N2O. The molecule has 1 aromatic carbocycles. The Bertz CT molecular complexity index is 381. The van der Waals surface area contributed by atoms with E-state index in [-0.39, 0.29) is 0 Å². The summed E-state index contributed by atoms with van der Waals surface area (Å²) in [5, 5.41) is 3.70. The van der Waals surface area contributed by atoms with Crippen LogP contribution in [0, 0.1) is 0 Å². The number of nitrogens with zero attached hydrogens (tertiary/aromatic N) is 1. The topological polar surface area (TPSA) is 24.5 Å². The van der Waals surface area contributed by atoms with E-state index in [0.717, 1.165) is 19.7 Å². The van der Waals surface area contributed by atoms with Crippen LogP contribution in [0.2, 0.25) is 0 Å². The molecule has 0 radical (unpaired) electrons. The third kappa shape index (κ3) is 4.05. The molecule has 2 aliphatic heterocycles. The monoisotopic (exact) mass is 274 g/mol. The fourth-order valence-corrected chi connectivity index (χ4v) is 3.24. The average molecular weight is 274 g/mol.